The molecule has 0 spiro atoms. The highest BCUT2D eigenvalue weighted by atomic mass is 16.7. The van der Waals surface area contributed by atoms with Gasteiger partial charge < -0.3 is 45.1 Å². The number of aliphatic hydroxyl groups excluding tert-OH is 5. The first-order valence-electron chi connectivity index (χ1n) is 33.1. The number of unbranched alkanes of at least 4 members (excludes halogenated alkanes) is 32. The monoisotopic (exact) mass is 1140 g/mol. The Kier molecular flexibility index (Phi) is 53.2. The zero-order chi connectivity index (χ0) is 58.9. The summed E-state index contributed by atoms with van der Waals surface area (Å²) in [7, 11) is 0. The smallest absolute Gasteiger partial charge is 0.306 e. The molecular formula is C70H121NO10. The van der Waals surface area contributed by atoms with Crippen molar-refractivity contribution < 1.29 is 49.3 Å². The molecule has 11 nitrogen and oxygen atoms in total. The van der Waals surface area contributed by atoms with Gasteiger partial charge in [0.05, 0.1) is 25.4 Å². The molecule has 1 aliphatic heterocycles. The van der Waals surface area contributed by atoms with E-state index in [0.717, 1.165) is 70.6 Å². The Morgan fingerprint density at radius 3 is 1.37 bits per heavy atom. The molecule has 1 aliphatic rings. The van der Waals surface area contributed by atoms with Crippen LogP contribution >= 0.6 is 0 Å². The van der Waals surface area contributed by atoms with Gasteiger partial charge in [0.2, 0.25) is 5.91 Å². The molecule has 0 aliphatic carbocycles. The molecule has 8 atom stereocenters. The summed E-state index contributed by atoms with van der Waals surface area (Å²) in [6.45, 7) is 5.62. The minimum absolute atomic E-state index is 0.0684. The number of ether oxygens (including phenoxy) is 3. The predicted molar refractivity (Wildman–Crippen MR) is 338 cm³/mol. The van der Waals surface area contributed by atoms with Crippen molar-refractivity contribution in [2.45, 2.75) is 320 Å². The van der Waals surface area contributed by atoms with Gasteiger partial charge in [0, 0.05) is 6.42 Å². The van der Waals surface area contributed by atoms with Gasteiger partial charge in [0.25, 0.3) is 0 Å². The van der Waals surface area contributed by atoms with Crippen LogP contribution in [0.4, 0.5) is 0 Å². The van der Waals surface area contributed by atoms with Crippen LogP contribution in [0.25, 0.3) is 0 Å². The van der Waals surface area contributed by atoms with Crippen molar-refractivity contribution in [3.05, 3.63) is 97.2 Å². The van der Waals surface area contributed by atoms with Crippen LogP contribution in [0.1, 0.15) is 271 Å². The molecule has 1 fully saturated rings. The fourth-order valence-electron chi connectivity index (χ4n) is 9.91. The van der Waals surface area contributed by atoms with E-state index >= 15 is 0 Å². The minimum atomic E-state index is -1.64. The zero-order valence-corrected chi connectivity index (χ0v) is 51.6. The van der Waals surface area contributed by atoms with Gasteiger partial charge in [-0.3, -0.25) is 9.59 Å². The Hall–Kier alpha value is -3.42. The first-order chi connectivity index (χ1) is 39.7. The van der Waals surface area contributed by atoms with E-state index in [1.165, 1.54) is 154 Å². The average Bonchev–Trinajstić information content (AvgIpc) is 3.52. The van der Waals surface area contributed by atoms with Crippen molar-refractivity contribution in [1.82, 2.24) is 5.32 Å². The Morgan fingerprint density at radius 1 is 0.494 bits per heavy atom. The van der Waals surface area contributed by atoms with Gasteiger partial charge in [-0.2, -0.15) is 0 Å². The Labute approximate surface area is 495 Å². The standard InChI is InChI=1S/C70H121NO10/c1-4-7-10-13-16-19-22-24-26-28-29-30-31-32-33-34-36-37-39-42-45-48-51-54-57-63(74)69(78)71-61(62(73)56-53-50-47-44-41-21-18-15-12-9-6-3)60-79-70-68(67(77)66(76)64(59-72)80-70)81-65(75)58-55-52-49-46-43-40-38-35-27-25-23-20-17-14-11-8-5-2/h8,11,14,17,20,23-27,35,38,40,43,53,56,61-64,66-68,70,72-74,76-77H,4-7,9-10,12-13,15-16,18-19,21-22,28-34,36-37,39,41-42,44-52,54-55,57-60H2,1-3H3,(H,71,78)/b11-8-,17-14+,23-20+,26-24+,27-25-,38-35+,43-40+,56-53+. The highest BCUT2D eigenvalue weighted by Crippen LogP contribution is 2.26. The molecule has 466 valence electrons. The largest absolute Gasteiger partial charge is 0.454 e. The topological polar surface area (TPSA) is 175 Å². The summed E-state index contributed by atoms with van der Waals surface area (Å²) in [5.41, 5.74) is 0. The highest BCUT2D eigenvalue weighted by Gasteiger charge is 2.47. The quantitative estimate of drug-likeness (QED) is 0.0149. The van der Waals surface area contributed by atoms with Crippen molar-refractivity contribution in [3.8, 4) is 0 Å². The normalized spacial score (nSPS) is 19.3. The van der Waals surface area contributed by atoms with E-state index in [1.807, 2.05) is 66.8 Å². The number of hydrogen-bond acceptors (Lipinski definition) is 10. The minimum Gasteiger partial charge on any atom is -0.454 e. The molecule has 0 aromatic heterocycles. The summed E-state index contributed by atoms with van der Waals surface area (Å²) in [6.07, 6.45) is 66.0. The number of rotatable bonds is 55. The summed E-state index contributed by atoms with van der Waals surface area (Å²) >= 11 is 0. The van der Waals surface area contributed by atoms with Gasteiger partial charge in [-0.15, -0.1) is 0 Å². The molecule has 11 heteroatoms. The lowest BCUT2D eigenvalue weighted by Crippen LogP contribution is -2.61. The molecule has 0 aromatic carbocycles. The zero-order valence-electron chi connectivity index (χ0n) is 51.6. The van der Waals surface area contributed by atoms with E-state index in [0.29, 0.717) is 12.8 Å². The third kappa shape index (κ3) is 44.7. The fraction of sp³-hybridized carbons (Fsp3) is 0.743. The molecule has 0 radical (unpaired) electrons. The third-order valence-electron chi connectivity index (χ3n) is 15.1. The second-order valence-electron chi connectivity index (χ2n) is 22.6. The summed E-state index contributed by atoms with van der Waals surface area (Å²) in [5.74, 6) is -1.24. The van der Waals surface area contributed by atoms with Gasteiger partial charge in [0.15, 0.2) is 12.4 Å². The number of carbonyl (C=O) groups excluding carboxylic acids is 2. The van der Waals surface area contributed by atoms with E-state index in [2.05, 4.69) is 50.4 Å². The number of hydrogen-bond donors (Lipinski definition) is 6. The SMILES string of the molecule is CC\C=C/C=C/C=C/C=C\C=C\C=C\CCCCCC(=O)OC1C(OCC(NC(=O)C(O)CCCCCCCCCCCCCCCC/C=C/CCCCCCCC)C(O)/C=C/CCCCCCCCCCC)OC(CO)C(O)C1O. The maximum Gasteiger partial charge on any atom is 0.306 e. The van der Waals surface area contributed by atoms with Crippen LogP contribution < -0.4 is 5.32 Å². The molecule has 1 heterocycles. The van der Waals surface area contributed by atoms with Crippen molar-refractivity contribution in [2.24, 2.45) is 0 Å². The molecule has 8 unspecified atom stereocenters. The number of nitrogens with one attached hydrogen (secondary N) is 1. The number of aliphatic hydroxyl groups is 5. The van der Waals surface area contributed by atoms with Crippen LogP contribution in [0.3, 0.4) is 0 Å². The Balaban J connectivity index is 2.62. The number of esters is 1. The van der Waals surface area contributed by atoms with E-state index in [4.69, 9.17) is 14.2 Å². The van der Waals surface area contributed by atoms with E-state index < -0.39 is 67.4 Å². The number of allylic oxidation sites excluding steroid dienone is 15. The molecule has 1 rings (SSSR count). The second kappa shape index (κ2) is 57.0. The number of carbonyl (C=O) groups is 2. The summed E-state index contributed by atoms with van der Waals surface area (Å²) in [5, 5.41) is 57.0. The van der Waals surface area contributed by atoms with Crippen molar-refractivity contribution >= 4 is 11.9 Å². The Morgan fingerprint density at radius 2 is 0.901 bits per heavy atom. The number of amides is 1. The average molecular weight is 1140 g/mol. The maximum atomic E-state index is 13.5. The van der Waals surface area contributed by atoms with Crippen molar-refractivity contribution in [2.75, 3.05) is 13.2 Å². The third-order valence-corrected chi connectivity index (χ3v) is 15.1. The summed E-state index contributed by atoms with van der Waals surface area (Å²) in [4.78, 5) is 26.6. The van der Waals surface area contributed by atoms with Crippen LogP contribution in [-0.2, 0) is 23.8 Å². The van der Waals surface area contributed by atoms with E-state index in [-0.39, 0.29) is 19.4 Å². The molecule has 6 N–H and O–H groups in total. The molecule has 81 heavy (non-hydrogen) atoms. The fourth-order valence-corrected chi connectivity index (χ4v) is 9.91. The van der Waals surface area contributed by atoms with Crippen LogP contribution in [0, 0.1) is 0 Å². The van der Waals surface area contributed by atoms with Crippen LogP contribution in [0.15, 0.2) is 97.2 Å². The lowest BCUT2D eigenvalue weighted by atomic mass is 9.99. The predicted octanol–water partition coefficient (Wildman–Crippen LogP) is 16.3. The van der Waals surface area contributed by atoms with Gasteiger partial charge in [-0.25, -0.2) is 0 Å². The van der Waals surface area contributed by atoms with Gasteiger partial charge in [-0.05, 0) is 70.6 Å². The molecule has 0 aromatic rings. The van der Waals surface area contributed by atoms with Gasteiger partial charge in [0.1, 0.15) is 24.4 Å². The summed E-state index contributed by atoms with van der Waals surface area (Å²) in [6, 6.07) is -1.04. The van der Waals surface area contributed by atoms with Crippen molar-refractivity contribution in [1.29, 1.82) is 0 Å². The Bertz CT molecular complexity index is 1690. The molecular weight excluding hydrogens is 1010 g/mol. The molecule has 0 saturated carbocycles. The lowest BCUT2D eigenvalue weighted by Gasteiger charge is -2.41. The summed E-state index contributed by atoms with van der Waals surface area (Å²) < 4.78 is 17.6. The highest BCUT2D eigenvalue weighted by molar-refractivity contribution is 5.80. The van der Waals surface area contributed by atoms with Crippen LogP contribution in [0.2, 0.25) is 0 Å². The first-order valence-corrected chi connectivity index (χ1v) is 33.1. The lowest BCUT2D eigenvalue weighted by molar-refractivity contribution is -0.305. The molecule has 1 saturated heterocycles. The van der Waals surface area contributed by atoms with Gasteiger partial charge in [-0.1, -0.05) is 291 Å². The first kappa shape index (κ1) is 75.6. The van der Waals surface area contributed by atoms with Crippen LogP contribution in [-0.4, -0.2) is 99.6 Å². The molecule has 0 bridgehead atoms. The van der Waals surface area contributed by atoms with E-state index in [9.17, 15) is 35.1 Å². The maximum absolute atomic E-state index is 13.5. The second-order valence-corrected chi connectivity index (χ2v) is 22.6. The van der Waals surface area contributed by atoms with E-state index in [1.54, 1.807) is 6.08 Å². The van der Waals surface area contributed by atoms with Gasteiger partial charge >= 0.3 is 5.97 Å². The van der Waals surface area contributed by atoms with Crippen LogP contribution in [0.5, 0.6) is 0 Å². The van der Waals surface area contributed by atoms with Crippen molar-refractivity contribution in [3.63, 3.8) is 0 Å². The molecule has 1 amide bonds.